The fraction of sp³-hybridized carbons (Fsp3) is 0.400. The molecule has 0 aliphatic heterocycles. The molecule has 0 atom stereocenters. The SMILES string of the molecule is Cc1cccc(C)c1NC(=O)c1n[nH]c(C(C)(C)C)n1. The highest BCUT2D eigenvalue weighted by atomic mass is 16.2. The molecule has 0 spiro atoms. The van der Waals surface area contributed by atoms with Crippen molar-refractivity contribution in [2.75, 3.05) is 5.32 Å². The Labute approximate surface area is 118 Å². The number of carbonyl (C=O) groups is 1. The second-order valence-electron chi connectivity index (χ2n) is 5.98. The average molecular weight is 272 g/mol. The number of H-pyrrole nitrogens is 1. The third-order valence-electron chi connectivity index (χ3n) is 3.12. The van der Waals surface area contributed by atoms with E-state index in [-0.39, 0.29) is 17.1 Å². The first-order chi connectivity index (χ1) is 9.29. The summed E-state index contributed by atoms with van der Waals surface area (Å²) in [4.78, 5) is 16.5. The minimum absolute atomic E-state index is 0.163. The van der Waals surface area contributed by atoms with E-state index in [4.69, 9.17) is 0 Å². The lowest BCUT2D eigenvalue weighted by Crippen LogP contribution is -2.17. The summed E-state index contributed by atoms with van der Waals surface area (Å²) in [5.74, 6) is 0.566. The van der Waals surface area contributed by atoms with Crippen molar-refractivity contribution in [1.82, 2.24) is 15.2 Å². The Bertz CT molecular complexity index is 617. The Balaban J connectivity index is 2.23. The van der Waals surface area contributed by atoms with Crippen molar-refractivity contribution in [3.63, 3.8) is 0 Å². The maximum Gasteiger partial charge on any atom is 0.295 e. The Morgan fingerprint density at radius 2 is 1.80 bits per heavy atom. The van der Waals surface area contributed by atoms with Gasteiger partial charge in [-0.25, -0.2) is 4.98 Å². The molecule has 0 aliphatic carbocycles. The molecule has 1 heterocycles. The zero-order valence-corrected chi connectivity index (χ0v) is 12.5. The smallest absolute Gasteiger partial charge is 0.295 e. The van der Waals surface area contributed by atoms with Crippen molar-refractivity contribution < 1.29 is 4.79 Å². The van der Waals surface area contributed by atoms with E-state index in [0.717, 1.165) is 16.8 Å². The third-order valence-corrected chi connectivity index (χ3v) is 3.12. The highest BCUT2D eigenvalue weighted by Crippen LogP contribution is 2.21. The first-order valence-corrected chi connectivity index (χ1v) is 6.59. The molecule has 0 radical (unpaired) electrons. The highest BCUT2D eigenvalue weighted by Gasteiger charge is 2.21. The van der Waals surface area contributed by atoms with Crippen LogP contribution in [0.3, 0.4) is 0 Å². The predicted molar refractivity (Wildman–Crippen MR) is 79.0 cm³/mol. The minimum Gasteiger partial charge on any atom is -0.319 e. The van der Waals surface area contributed by atoms with Crippen LogP contribution in [0.2, 0.25) is 0 Å². The standard InChI is InChI=1S/C15H20N4O/c1-9-7-6-8-10(2)11(9)16-13(20)12-17-14(19-18-12)15(3,4)5/h6-8H,1-5H3,(H,16,20)(H,17,18,19). The van der Waals surface area contributed by atoms with Gasteiger partial charge in [0.25, 0.3) is 5.91 Å². The van der Waals surface area contributed by atoms with Crippen LogP contribution >= 0.6 is 0 Å². The Morgan fingerprint density at radius 3 is 2.30 bits per heavy atom. The molecule has 1 aromatic heterocycles. The Hall–Kier alpha value is -2.17. The molecule has 0 aliphatic rings. The van der Waals surface area contributed by atoms with Crippen LogP contribution in [0.25, 0.3) is 0 Å². The fourth-order valence-corrected chi connectivity index (χ4v) is 1.88. The minimum atomic E-state index is -0.297. The lowest BCUT2D eigenvalue weighted by molar-refractivity contribution is 0.101. The average Bonchev–Trinajstić information content (AvgIpc) is 2.83. The number of para-hydroxylation sites is 1. The number of rotatable bonds is 2. The van der Waals surface area contributed by atoms with Crippen molar-refractivity contribution in [3.05, 3.63) is 41.0 Å². The van der Waals surface area contributed by atoms with Crippen LogP contribution < -0.4 is 5.32 Å². The van der Waals surface area contributed by atoms with Gasteiger partial charge in [0, 0.05) is 11.1 Å². The number of carbonyl (C=O) groups excluding carboxylic acids is 1. The molecule has 1 amide bonds. The summed E-state index contributed by atoms with van der Waals surface area (Å²) in [6.45, 7) is 9.96. The van der Waals surface area contributed by atoms with Gasteiger partial charge in [-0.2, -0.15) is 0 Å². The number of benzene rings is 1. The molecule has 2 rings (SSSR count). The summed E-state index contributed by atoms with van der Waals surface area (Å²) in [7, 11) is 0. The number of nitrogens with zero attached hydrogens (tertiary/aromatic N) is 2. The fourth-order valence-electron chi connectivity index (χ4n) is 1.88. The first kappa shape index (κ1) is 14.2. The van der Waals surface area contributed by atoms with Crippen LogP contribution in [-0.4, -0.2) is 21.1 Å². The number of hydrogen-bond acceptors (Lipinski definition) is 3. The van der Waals surface area contributed by atoms with Crippen LogP contribution in [-0.2, 0) is 5.41 Å². The van der Waals surface area contributed by atoms with Crippen molar-refractivity contribution >= 4 is 11.6 Å². The molecule has 0 fully saturated rings. The van der Waals surface area contributed by atoms with Gasteiger partial charge in [0.05, 0.1) is 0 Å². The second-order valence-corrected chi connectivity index (χ2v) is 5.98. The van der Waals surface area contributed by atoms with E-state index in [1.807, 2.05) is 52.8 Å². The summed E-state index contributed by atoms with van der Waals surface area (Å²) >= 11 is 0. The van der Waals surface area contributed by atoms with Gasteiger partial charge in [-0.3, -0.25) is 9.89 Å². The van der Waals surface area contributed by atoms with Crippen LogP contribution in [0, 0.1) is 13.8 Å². The maximum absolute atomic E-state index is 12.2. The van der Waals surface area contributed by atoms with E-state index in [1.54, 1.807) is 0 Å². The third kappa shape index (κ3) is 2.87. The molecule has 0 saturated carbocycles. The molecular weight excluding hydrogens is 252 g/mol. The van der Waals surface area contributed by atoms with Gasteiger partial charge in [0.2, 0.25) is 5.82 Å². The quantitative estimate of drug-likeness (QED) is 0.883. The first-order valence-electron chi connectivity index (χ1n) is 6.59. The predicted octanol–water partition coefficient (Wildman–Crippen LogP) is 2.97. The van der Waals surface area contributed by atoms with Gasteiger partial charge < -0.3 is 5.32 Å². The van der Waals surface area contributed by atoms with Crippen LogP contribution in [0.1, 0.15) is 48.3 Å². The monoisotopic (exact) mass is 272 g/mol. The van der Waals surface area contributed by atoms with Crippen LogP contribution in [0.4, 0.5) is 5.69 Å². The van der Waals surface area contributed by atoms with Crippen LogP contribution in [0.5, 0.6) is 0 Å². The van der Waals surface area contributed by atoms with Gasteiger partial charge in [-0.05, 0) is 25.0 Å². The van der Waals surface area contributed by atoms with Gasteiger partial charge in [0.1, 0.15) is 5.82 Å². The molecule has 1 aromatic carbocycles. The number of aryl methyl sites for hydroxylation is 2. The highest BCUT2D eigenvalue weighted by molar-refractivity contribution is 6.02. The number of aromatic amines is 1. The normalized spacial score (nSPS) is 11.4. The van der Waals surface area contributed by atoms with Gasteiger partial charge in [-0.1, -0.05) is 39.0 Å². The van der Waals surface area contributed by atoms with E-state index in [1.165, 1.54) is 0 Å². The lowest BCUT2D eigenvalue weighted by atomic mass is 9.96. The van der Waals surface area contributed by atoms with Gasteiger partial charge in [0.15, 0.2) is 0 Å². The number of nitrogens with one attached hydrogen (secondary N) is 2. The molecule has 0 bridgehead atoms. The molecule has 2 aromatic rings. The lowest BCUT2D eigenvalue weighted by Gasteiger charge is -2.13. The van der Waals surface area contributed by atoms with Crippen LogP contribution in [0.15, 0.2) is 18.2 Å². The van der Waals surface area contributed by atoms with E-state index in [0.29, 0.717) is 5.82 Å². The summed E-state index contributed by atoms with van der Waals surface area (Å²) < 4.78 is 0. The summed E-state index contributed by atoms with van der Waals surface area (Å²) in [5, 5.41) is 9.69. The maximum atomic E-state index is 12.2. The van der Waals surface area contributed by atoms with Gasteiger partial charge in [-0.15, -0.1) is 5.10 Å². The summed E-state index contributed by atoms with van der Waals surface area (Å²) in [6, 6.07) is 5.88. The van der Waals surface area contributed by atoms with Gasteiger partial charge >= 0.3 is 0 Å². The number of aromatic nitrogens is 3. The number of amides is 1. The topological polar surface area (TPSA) is 70.7 Å². The molecule has 0 unspecified atom stereocenters. The van der Waals surface area contributed by atoms with Crippen molar-refractivity contribution in [3.8, 4) is 0 Å². The number of anilines is 1. The molecule has 106 valence electrons. The summed E-state index contributed by atoms with van der Waals surface area (Å²) in [6.07, 6.45) is 0. The van der Waals surface area contributed by atoms with Crippen molar-refractivity contribution in [2.45, 2.75) is 40.0 Å². The second kappa shape index (κ2) is 5.07. The Morgan fingerprint density at radius 1 is 1.20 bits per heavy atom. The molecule has 5 nitrogen and oxygen atoms in total. The zero-order chi connectivity index (χ0) is 14.9. The largest absolute Gasteiger partial charge is 0.319 e. The van der Waals surface area contributed by atoms with E-state index in [2.05, 4.69) is 20.5 Å². The van der Waals surface area contributed by atoms with E-state index < -0.39 is 0 Å². The van der Waals surface area contributed by atoms with E-state index in [9.17, 15) is 4.79 Å². The van der Waals surface area contributed by atoms with Crippen molar-refractivity contribution in [1.29, 1.82) is 0 Å². The molecule has 2 N–H and O–H groups in total. The zero-order valence-electron chi connectivity index (χ0n) is 12.5. The molecule has 5 heteroatoms. The Kier molecular flexibility index (Phi) is 3.61. The van der Waals surface area contributed by atoms with E-state index >= 15 is 0 Å². The molecule has 0 saturated heterocycles. The summed E-state index contributed by atoms with van der Waals surface area (Å²) in [5.41, 5.74) is 2.69. The molecular formula is C15H20N4O. The molecule has 20 heavy (non-hydrogen) atoms. The van der Waals surface area contributed by atoms with Crippen molar-refractivity contribution in [2.24, 2.45) is 0 Å². The number of hydrogen-bond donors (Lipinski definition) is 2.